The molecule has 0 bridgehead atoms. The molecule has 1 N–H and O–H groups in total. The zero-order valence-electron chi connectivity index (χ0n) is 8.44. The zero-order chi connectivity index (χ0) is 10.7. The molecule has 0 aliphatic heterocycles. The molecule has 0 unspecified atom stereocenters. The van der Waals surface area contributed by atoms with Crippen molar-refractivity contribution in [2.75, 3.05) is 14.2 Å². The predicted molar refractivity (Wildman–Crippen MR) is 51.9 cm³/mol. The average Bonchev–Trinajstić information content (AvgIpc) is 2.16. The maximum Gasteiger partial charge on any atom is 0.281 e. The number of phenols is 1. The van der Waals surface area contributed by atoms with Crippen LogP contribution >= 0.6 is 0 Å². The van der Waals surface area contributed by atoms with Gasteiger partial charge in [-0.15, -0.1) is 0 Å². The normalized spacial score (nSPS) is 9.93. The largest absolute Gasteiger partial charge is 0.507 e. The molecule has 0 fully saturated rings. The van der Waals surface area contributed by atoms with Gasteiger partial charge in [-0.2, -0.15) is 0 Å². The minimum atomic E-state index is -0.358. The second-order valence-electron chi connectivity index (χ2n) is 2.95. The van der Waals surface area contributed by atoms with Gasteiger partial charge >= 0.3 is 0 Å². The van der Waals surface area contributed by atoms with E-state index in [9.17, 15) is 9.90 Å². The molecule has 1 aromatic carbocycles. The summed E-state index contributed by atoms with van der Waals surface area (Å²) in [6.45, 7) is 1.76. The Hall–Kier alpha value is -1.55. The highest BCUT2D eigenvalue weighted by Crippen LogP contribution is 2.21. The van der Waals surface area contributed by atoms with E-state index >= 15 is 0 Å². The molecule has 0 aliphatic rings. The van der Waals surface area contributed by atoms with Crippen molar-refractivity contribution in [2.24, 2.45) is 0 Å². The number of hydrogen-bond acceptors (Lipinski definition) is 3. The first-order valence-corrected chi connectivity index (χ1v) is 4.18. The lowest BCUT2D eigenvalue weighted by molar-refractivity contribution is -0.0758. The fourth-order valence-electron chi connectivity index (χ4n) is 1.17. The highest BCUT2D eigenvalue weighted by atomic mass is 16.7. The molecule has 14 heavy (non-hydrogen) atoms. The van der Waals surface area contributed by atoms with Gasteiger partial charge in [-0.05, 0) is 18.6 Å². The van der Waals surface area contributed by atoms with Gasteiger partial charge in [0.25, 0.3) is 5.91 Å². The first kappa shape index (κ1) is 10.5. The third-order valence-electron chi connectivity index (χ3n) is 2.02. The molecule has 4 nitrogen and oxygen atoms in total. The summed E-state index contributed by atoms with van der Waals surface area (Å²) < 4.78 is 0. The quantitative estimate of drug-likeness (QED) is 0.724. The van der Waals surface area contributed by atoms with Gasteiger partial charge in [-0.1, -0.05) is 12.1 Å². The Morgan fingerprint density at radius 2 is 2.14 bits per heavy atom. The Kier molecular flexibility index (Phi) is 3.09. The van der Waals surface area contributed by atoms with E-state index in [1.54, 1.807) is 19.1 Å². The molecular weight excluding hydrogens is 182 g/mol. The van der Waals surface area contributed by atoms with Crippen LogP contribution in [0.5, 0.6) is 5.75 Å². The molecule has 76 valence electrons. The average molecular weight is 195 g/mol. The number of rotatable bonds is 2. The predicted octanol–water partition coefficient (Wildman–Crippen LogP) is 1.33. The number of aryl methyl sites for hydroxylation is 1. The summed E-state index contributed by atoms with van der Waals surface area (Å²) in [5, 5.41) is 10.6. The minimum absolute atomic E-state index is 0.0288. The molecule has 1 amide bonds. The van der Waals surface area contributed by atoms with E-state index in [4.69, 9.17) is 4.84 Å². The summed E-state index contributed by atoms with van der Waals surface area (Å²) in [5.41, 5.74) is 0.996. The number of carbonyl (C=O) groups excluding carboxylic acids is 1. The third kappa shape index (κ3) is 1.85. The van der Waals surface area contributed by atoms with E-state index in [-0.39, 0.29) is 17.2 Å². The maximum atomic E-state index is 11.7. The maximum absolute atomic E-state index is 11.7. The third-order valence-corrected chi connectivity index (χ3v) is 2.02. The SMILES string of the molecule is CON(C)C(=O)c1c(C)cccc1O. The number of benzene rings is 1. The minimum Gasteiger partial charge on any atom is -0.507 e. The van der Waals surface area contributed by atoms with Crippen LogP contribution in [0.3, 0.4) is 0 Å². The molecule has 0 atom stereocenters. The van der Waals surface area contributed by atoms with Crippen molar-refractivity contribution >= 4 is 5.91 Å². The topological polar surface area (TPSA) is 49.8 Å². The van der Waals surface area contributed by atoms with Crippen molar-refractivity contribution in [2.45, 2.75) is 6.92 Å². The standard InChI is InChI=1S/C10H13NO3/c1-7-5-4-6-8(12)9(7)10(13)11(2)14-3/h4-6,12H,1-3H3. The van der Waals surface area contributed by atoms with Crippen LogP contribution in [0.25, 0.3) is 0 Å². The van der Waals surface area contributed by atoms with Crippen LogP contribution in [0.1, 0.15) is 15.9 Å². The van der Waals surface area contributed by atoms with Crippen molar-refractivity contribution < 1.29 is 14.7 Å². The fourth-order valence-corrected chi connectivity index (χ4v) is 1.17. The summed E-state index contributed by atoms with van der Waals surface area (Å²) in [4.78, 5) is 16.4. The lowest BCUT2D eigenvalue weighted by Gasteiger charge is -2.15. The number of hydroxylamine groups is 2. The first-order chi connectivity index (χ1) is 6.57. The lowest BCUT2D eigenvalue weighted by atomic mass is 10.1. The molecule has 4 heteroatoms. The Balaban J connectivity index is 3.12. The van der Waals surface area contributed by atoms with Crippen molar-refractivity contribution in [1.82, 2.24) is 5.06 Å². The molecule has 0 spiro atoms. The Labute approximate surface area is 82.7 Å². The highest BCUT2D eigenvalue weighted by molar-refractivity contribution is 5.97. The van der Waals surface area contributed by atoms with Crippen LogP contribution in [-0.2, 0) is 4.84 Å². The Morgan fingerprint density at radius 1 is 1.50 bits per heavy atom. The van der Waals surface area contributed by atoms with E-state index in [1.165, 1.54) is 20.2 Å². The smallest absolute Gasteiger partial charge is 0.281 e. The van der Waals surface area contributed by atoms with Gasteiger partial charge in [-0.25, -0.2) is 5.06 Å². The van der Waals surface area contributed by atoms with Crippen molar-refractivity contribution in [1.29, 1.82) is 0 Å². The second-order valence-corrected chi connectivity index (χ2v) is 2.95. The van der Waals surface area contributed by atoms with Gasteiger partial charge in [0.05, 0.1) is 12.7 Å². The summed E-state index contributed by atoms with van der Waals surface area (Å²) in [6, 6.07) is 4.93. The fraction of sp³-hybridized carbons (Fsp3) is 0.300. The number of phenolic OH excluding ortho intramolecular Hbond substituents is 1. The van der Waals surface area contributed by atoms with Crippen LogP contribution in [0.15, 0.2) is 18.2 Å². The van der Waals surface area contributed by atoms with E-state index in [1.807, 2.05) is 0 Å². The van der Waals surface area contributed by atoms with Crippen LogP contribution in [-0.4, -0.2) is 30.2 Å². The number of nitrogens with zero attached hydrogens (tertiary/aromatic N) is 1. The zero-order valence-corrected chi connectivity index (χ0v) is 8.44. The van der Waals surface area contributed by atoms with E-state index in [0.717, 1.165) is 10.6 Å². The molecule has 1 rings (SSSR count). The summed E-state index contributed by atoms with van der Waals surface area (Å²) >= 11 is 0. The van der Waals surface area contributed by atoms with Gasteiger partial charge in [-0.3, -0.25) is 9.63 Å². The van der Waals surface area contributed by atoms with Crippen LogP contribution < -0.4 is 0 Å². The van der Waals surface area contributed by atoms with Gasteiger partial charge in [0.2, 0.25) is 0 Å². The highest BCUT2D eigenvalue weighted by Gasteiger charge is 2.17. The Bertz CT molecular complexity index is 329. The van der Waals surface area contributed by atoms with E-state index in [0.29, 0.717) is 0 Å². The van der Waals surface area contributed by atoms with E-state index in [2.05, 4.69) is 0 Å². The Morgan fingerprint density at radius 3 is 2.64 bits per heavy atom. The molecule has 0 aliphatic carbocycles. The summed E-state index contributed by atoms with van der Waals surface area (Å²) in [6.07, 6.45) is 0. The van der Waals surface area contributed by atoms with Gasteiger partial charge < -0.3 is 5.11 Å². The van der Waals surface area contributed by atoms with Crippen LogP contribution in [0.4, 0.5) is 0 Å². The molecule has 0 saturated carbocycles. The first-order valence-electron chi connectivity index (χ1n) is 4.18. The monoisotopic (exact) mass is 195 g/mol. The molecule has 0 aromatic heterocycles. The number of aromatic hydroxyl groups is 1. The molecule has 1 aromatic rings. The molecular formula is C10H13NO3. The van der Waals surface area contributed by atoms with Gasteiger partial charge in [0, 0.05) is 7.05 Å². The summed E-state index contributed by atoms with van der Waals surface area (Å²) in [7, 11) is 2.89. The number of amides is 1. The van der Waals surface area contributed by atoms with Crippen molar-refractivity contribution in [3.63, 3.8) is 0 Å². The molecule has 0 saturated heterocycles. The van der Waals surface area contributed by atoms with Crippen LogP contribution in [0, 0.1) is 6.92 Å². The number of hydrogen-bond donors (Lipinski definition) is 1. The number of carbonyl (C=O) groups is 1. The van der Waals surface area contributed by atoms with E-state index < -0.39 is 0 Å². The van der Waals surface area contributed by atoms with Crippen LogP contribution in [0.2, 0.25) is 0 Å². The lowest BCUT2D eigenvalue weighted by Crippen LogP contribution is -2.26. The van der Waals surface area contributed by atoms with Gasteiger partial charge in [0.1, 0.15) is 5.75 Å². The second kappa shape index (κ2) is 4.11. The van der Waals surface area contributed by atoms with Gasteiger partial charge in [0.15, 0.2) is 0 Å². The van der Waals surface area contributed by atoms with Crippen molar-refractivity contribution in [3.8, 4) is 5.75 Å². The molecule has 0 heterocycles. The summed E-state index contributed by atoms with van der Waals surface area (Å²) in [5.74, 6) is -0.387. The molecule has 0 radical (unpaired) electrons. The van der Waals surface area contributed by atoms with Crippen molar-refractivity contribution in [3.05, 3.63) is 29.3 Å².